The molecule has 4 rings (SSSR count). The first-order valence-electron chi connectivity index (χ1n) is 7.27. The number of nitrogens with one attached hydrogen (secondary N) is 1. The van der Waals surface area contributed by atoms with Gasteiger partial charge in [-0.3, -0.25) is 9.69 Å². The van der Waals surface area contributed by atoms with Crippen LogP contribution >= 0.6 is 0 Å². The maximum atomic E-state index is 11.5. The van der Waals surface area contributed by atoms with Crippen LogP contribution in [-0.4, -0.2) is 64.2 Å². The summed E-state index contributed by atoms with van der Waals surface area (Å²) in [4.78, 5) is 20.5. The first-order valence-corrected chi connectivity index (χ1v) is 7.27. The Morgan fingerprint density at radius 1 is 1.38 bits per heavy atom. The van der Waals surface area contributed by atoms with Crippen molar-refractivity contribution in [2.24, 2.45) is 0 Å². The fourth-order valence-electron chi connectivity index (χ4n) is 3.10. The SMILES string of the molecule is Cc1cc2c(N3CC(N4CCNC(=O)C4)C3)nccn2n1. The molecule has 1 amide bonds. The van der Waals surface area contributed by atoms with Crippen LogP contribution in [0, 0.1) is 6.92 Å². The van der Waals surface area contributed by atoms with Crippen molar-refractivity contribution in [2.75, 3.05) is 37.6 Å². The highest BCUT2D eigenvalue weighted by Gasteiger charge is 2.35. The molecule has 0 radical (unpaired) electrons. The molecule has 0 spiro atoms. The second-order valence-corrected chi connectivity index (χ2v) is 5.75. The lowest BCUT2D eigenvalue weighted by Gasteiger charge is -2.46. The molecule has 2 saturated heterocycles. The van der Waals surface area contributed by atoms with Crippen LogP contribution in [0.5, 0.6) is 0 Å². The third kappa shape index (κ3) is 2.13. The fourth-order valence-corrected chi connectivity index (χ4v) is 3.10. The van der Waals surface area contributed by atoms with Gasteiger partial charge in [0.05, 0.1) is 12.2 Å². The molecule has 2 aliphatic rings. The van der Waals surface area contributed by atoms with E-state index in [9.17, 15) is 4.79 Å². The standard InChI is InChI=1S/C14H18N6O/c1-10-6-12-14(16-3-5-20(12)17-10)19-7-11(8-19)18-4-2-15-13(21)9-18/h3,5-6,11H,2,4,7-9H2,1H3,(H,15,21). The van der Waals surface area contributed by atoms with Crippen molar-refractivity contribution >= 4 is 17.2 Å². The molecule has 2 aliphatic heterocycles. The van der Waals surface area contributed by atoms with Crippen molar-refractivity contribution in [2.45, 2.75) is 13.0 Å². The molecule has 0 aromatic carbocycles. The first-order chi connectivity index (χ1) is 10.2. The van der Waals surface area contributed by atoms with E-state index in [4.69, 9.17) is 0 Å². The van der Waals surface area contributed by atoms with Gasteiger partial charge in [0.2, 0.25) is 5.91 Å². The van der Waals surface area contributed by atoms with Crippen LogP contribution in [-0.2, 0) is 4.79 Å². The molecular formula is C14H18N6O. The molecular weight excluding hydrogens is 268 g/mol. The summed E-state index contributed by atoms with van der Waals surface area (Å²) in [5.41, 5.74) is 2.04. The topological polar surface area (TPSA) is 65.8 Å². The van der Waals surface area contributed by atoms with Crippen molar-refractivity contribution < 1.29 is 4.79 Å². The fraction of sp³-hybridized carbons (Fsp3) is 0.500. The number of nitrogens with zero attached hydrogens (tertiary/aromatic N) is 5. The van der Waals surface area contributed by atoms with Gasteiger partial charge in [0.15, 0.2) is 5.82 Å². The summed E-state index contributed by atoms with van der Waals surface area (Å²) in [7, 11) is 0. The van der Waals surface area contributed by atoms with E-state index < -0.39 is 0 Å². The Morgan fingerprint density at radius 3 is 3.05 bits per heavy atom. The quantitative estimate of drug-likeness (QED) is 0.818. The molecule has 1 N–H and O–H groups in total. The number of aryl methyl sites for hydroxylation is 1. The van der Waals surface area contributed by atoms with E-state index in [1.165, 1.54) is 0 Å². The second-order valence-electron chi connectivity index (χ2n) is 5.75. The van der Waals surface area contributed by atoms with Gasteiger partial charge in [-0.1, -0.05) is 0 Å². The van der Waals surface area contributed by atoms with E-state index >= 15 is 0 Å². The van der Waals surface area contributed by atoms with Gasteiger partial charge < -0.3 is 10.2 Å². The zero-order chi connectivity index (χ0) is 14.4. The summed E-state index contributed by atoms with van der Waals surface area (Å²) < 4.78 is 1.87. The summed E-state index contributed by atoms with van der Waals surface area (Å²) in [6.07, 6.45) is 3.66. The number of amides is 1. The van der Waals surface area contributed by atoms with Gasteiger partial charge >= 0.3 is 0 Å². The summed E-state index contributed by atoms with van der Waals surface area (Å²) in [5, 5.41) is 7.29. The molecule has 2 fully saturated rings. The second kappa shape index (κ2) is 4.70. The number of aromatic nitrogens is 3. The highest BCUT2D eigenvalue weighted by molar-refractivity contribution is 5.79. The molecule has 21 heavy (non-hydrogen) atoms. The molecule has 7 nitrogen and oxygen atoms in total. The van der Waals surface area contributed by atoms with E-state index in [1.54, 1.807) is 6.20 Å². The third-order valence-corrected chi connectivity index (χ3v) is 4.24. The van der Waals surface area contributed by atoms with Crippen LogP contribution in [0.1, 0.15) is 5.69 Å². The molecule has 4 heterocycles. The van der Waals surface area contributed by atoms with Crippen molar-refractivity contribution in [3.05, 3.63) is 24.2 Å². The number of rotatable bonds is 2. The summed E-state index contributed by atoms with van der Waals surface area (Å²) in [6, 6.07) is 2.51. The van der Waals surface area contributed by atoms with Gasteiger partial charge in [-0.05, 0) is 13.0 Å². The van der Waals surface area contributed by atoms with Gasteiger partial charge in [-0.25, -0.2) is 9.50 Å². The Labute approximate surface area is 122 Å². The molecule has 2 aromatic rings. The molecule has 0 bridgehead atoms. The lowest BCUT2D eigenvalue weighted by atomic mass is 10.1. The molecule has 0 aliphatic carbocycles. The average Bonchev–Trinajstić information content (AvgIpc) is 2.78. The van der Waals surface area contributed by atoms with Crippen LogP contribution in [0.25, 0.3) is 5.52 Å². The van der Waals surface area contributed by atoms with E-state index in [-0.39, 0.29) is 5.91 Å². The Hall–Kier alpha value is -2.15. The zero-order valence-electron chi connectivity index (χ0n) is 12.0. The summed E-state index contributed by atoms with van der Waals surface area (Å²) in [6.45, 7) is 6.04. The predicted octanol–water partition coefficient (Wildman–Crippen LogP) is -0.342. The van der Waals surface area contributed by atoms with E-state index in [2.05, 4.69) is 31.3 Å². The van der Waals surface area contributed by atoms with Gasteiger partial charge in [0, 0.05) is 44.6 Å². The maximum Gasteiger partial charge on any atom is 0.234 e. The van der Waals surface area contributed by atoms with Crippen molar-refractivity contribution in [1.29, 1.82) is 0 Å². The van der Waals surface area contributed by atoms with Crippen LogP contribution < -0.4 is 10.2 Å². The van der Waals surface area contributed by atoms with Crippen molar-refractivity contribution in [3.63, 3.8) is 0 Å². The molecule has 0 unspecified atom stereocenters. The van der Waals surface area contributed by atoms with Crippen molar-refractivity contribution in [3.8, 4) is 0 Å². The third-order valence-electron chi connectivity index (χ3n) is 4.24. The molecule has 0 atom stereocenters. The minimum Gasteiger partial charge on any atom is -0.354 e. The Kier molecular flexibility index (Phi) is 2.81. The first kappa shape index (κ1) is 12.6. The monoisotopic (exact) mass is 286 g/mol. The van der Waals surface area contributed by atoms with E-state index in [0.29, 0.717) is 12.6 Å². The maximum absolute atomic E-state index is 11.5. The number of carbonyl (C=O) groups is 1. The van der Waals surface area contributed by atoms with Crippen molar-refractivity contribution in [1.82, 2.24) is 24.8 Å². The van der Waals surface area contributed by atoms with Gasteiger partial charge in [-0.2, -0.15) is 5.10 Å². The van der Waals surface area contributed by atoms with E-state index in [0.717, 1.165) is 43.2 Å². The lowest BCUT2D eigenvalue weighted by Crippen LogP contribution is -2.64. The minimum atomic E-state index is 0.131. The highest BCUT2D eigenvalue weighted by atomic mass is 16.2. The lowest BCUT2D eigenvalue weighted by molar-refractivity contribution is -0.125. The number of anilines is 1. The molecule has 110 valence electrons. The average molecular weight is 286 g/mol. The van der Waals surface area contributed by atoms with E-state index in [1.807, 2.05) is 17.6 Å². The number of carbonyl (C=O) groups excluding carboxylic acids is 1. The normalized spacial score (nSPS) is 20.6. The molecule has 2 aromatic heterocycles. The number of fused-ring (bicyclic) bond motifs is 1. The Balaban J connectivity index is 1.50. The number of piperazine rings is 1. The number of hydrogen-bond acceptors (Lipinski definition) is 5. The van der Waals surface area contributed by atoms with Crippen LogP contribution in [0.4, 0.5) is 5.82 Å². The highest BCUT2D eigenvalue weighted by Crippen LogP contribution is 2.26. The molecule has 0 saturated carbocycles. The summed E-state index contributed by atoms with van der Waals surface area (Å²) >= 11 is 0. The number of hydrogen-bond donors (Lipinski definition) is 1. The van der Waals surface area contributed by atoms with Gasteiger partial charge in [-0.15, -0.1) is 0 Å². The predicted molar refractivity (Wildman–Crippen MR) is 78.3 cm³/mol. The van der Waals surface area contributed by atoms with Crippen LogP contribution in [0.3, 0.4) is 0 Å². The summed E-state index contributed by atoms with van der Waals surface area (Å²) in [5.74, 6) is 1.11. The van der Waals surface area contributed by atoms with Gasteiger partial charge in [0.1, 0.15) is 5.52 Å². The van der Waals surface area contributed by atoms with Crippen LogP contribution in [0.2, 0.25) is 0 Å². The van der Waals surface area contributed by atoms with Gasteiger partial charge in [0.25, 0.3) is 0 Å². The minimum absolute atomic E-state index is 0.131. The zero-order valence-corrected chi connectivity index (χ0v) is 12.0. The smallest absolute Gasteiger partial charge is 0.234 e. The van der Waals surface area contributed by atoms with Crippen LogP contribution in [0.15, 0.2) is 18.5 Å². The Bertz CT molecular complexity index is 690. The molecule has 7 heteroatoms. The Morgan fingerprint density at radius 2 is 2.24 bits per heavy atom. The largest absolute Gasteiger partial charge is 0.354 e.